The van der Waals surface area contributed by atoms with Gasteiger partial charge in [0.25, 0.3) is 0 Å². The maximum absolute atomic E-state index is 12.8. The molecule has 0 unspecified atom stereocenters. The molecule has 0 bridgehead atoms. The van der Waals surface area contributed by atoms with E-state index in [1.54, 1.807) is 7.11 Å². The molecule has 1 aliphatic heterocycles. The predicted molar refractivity (Wildman–Crippen MR) is 103 cm³/mol. The fraction of sp³-hybridized carbons (Fsp3) is 0.364. The molecule has 0 radical (unpaired) electrons. The predicted octanol–water partition coefficient (Wildman–Crippen LogP) is 5.88. The zero-order chi connectivity index (χ0) is 19.4. The minimum atomic E-state index is -4.32. The molecule has 0 aliphatic carbocycles. The normalized spacial score (nSPS) is 15.5. The third-order valence-electron chi connectivity index (χ3n) is 4.86. The number of alkyl halides is 3. The van der Waals surface area contributed by atoms with Gasteiger partial charge in [0.2, 0.25) is 0 Å². The SMILES string of the molecule is CCCN1CCC=C(c2cc(-c3ccc(C(F)(F)F)cc3)ccc2OC)C1. The van der Waals surface area contributed by atoms with E-state index in [2.05, 4.69) is 17.9 Å². The van der Waals surface area contributed by atoms with E-state index in [1.165, 1.54) is 17.7 Å². The fourth-order valence-electron chi connectivity index (χ4n) is 3.50. The summed E-state index contributed by atoms with van der Waals surface area (Å²) in [6.45, 7) is 5.14. The molecule has 0 aromatic heterocycles. The van der Waals surface area contributed by atoms with Crippen LogP contribution in [0.25, 0.3) is 16.7 Å². The molecule has 0 fully saturated rings. The second kappa shape index (κ2) is 8.17. The average molecular weight is 375 g/mol. The van der Waals surface area contributed by atoms with E-state index in [0.29, 0.717) is 0 Å². The van der Waals surface area contributed by atoms with Crippen LogP contribution in [0.3, 0.4) is 0 Å². The number of benzene rings is 2. The van der Waals surface area contributed by atoms with Gasteiger partial charge in [0.05, 0.1) is 12.7 Å². The number of halogens is 3. The van der Waals surface area contributed by atoms with Crippen LogP contribution >= 0.6 is 0 Å². The minimum absolute atomic E-state index is 0.634. The van der Waals surface area contributed by atoms with Gasteiger partial charge >= 0.3 is 6.18 Å². The zero-order valence-corrected chi connectivity index (χ0v) is 15.6. The van der Waals surface area contributed by atoms with Crippen LogP contribution in [0, 0.1) is 0 Å². The van der Waals surface area contributed by atoms with Gasteiger partial charge in [-0.1, -0.05) is 31.2 Å². The summed E-state index contributed by atoms with van der Waals surface area (Å²) in [6.07, 6.45) is 0.0127. The lowest BCUT2D eigenvalue weighted by Gasteiger charge is -2.27. The van der Waals surface area contributed by atoms with E-state index in [4.69, 9.17) is 4.74 Å². The van der Waals surface area contributed by atoms with Crippen LogP contribution in [0.1, 0.15) is 30.9 Å². The molecule has 3 rings (SSSR count). The molecule has 2 aromatic carbocycles. The second-order valence-electron chi connectivity index (χ2n) is 6.78. The molecule has 27 heavy (non-hydrogen) atoms. The summed E-state index contributed by atoms with van der Waals surface area (Å²) in [7, 11) is 1.64. The average Bonchev–Trinajstić information content (AvgIpc) is 2.67. The molecule has 0 saturated heterocycles. The molecule has 0 spiro atoms. The number of methoxy groups -OCH3 is 1. The van der Waals surface area contributed by atoms with Crippen molar-refractivity contribution in [2.45, 2.75) is 25.9 Å². The molecule has 1 aliphatic rings. The Morgan fingerprint density at radius 2 is 1.74 bits per heavy atom. The largest absolute Gasteiger partial charge is 0.496 e. The quantitative estimate of drug-likeness (QED) is 0.647. The van der Waals surface area contributed by atoms with Crippen molar-refractivity contribution in [2.75, 3.05) is 26.7 Å². The van der Waals surface area contributed by atoms with Crippen LogP contribution in [0.15, 0.2) is 48.5 Å². The standard InChI is InChI=1S/C22H24F3NO/c1-3-12-26-13-4-5-18(15-26)20-14-17(8-11-21(20)27-2)16-6-9-19(10-7-16)22(23,24)25/h5-11,14H,3-4,12-13,15H2,1-2H3. The van der Waals surface area contributed by atoms with E-state index in [9.17, 15) is 13.2 Å². The Labute approximate surface area is 158 Å². The highest BCUT2D eigenvalue weighted by Crippen LogP contribution is 2.35. The Morgan fingerprint density at radius 3 is 2.37 bits per heavy atom. The van der Waals surface area contributed by atoms with Gasteiger partial charge in [-0.2, -0.15) is 13.2 Å². The van der Waals surface area contributed by atoms with Crippen molar-refractivity contribution in [3.63, 3.8) is 0 Å². The monoisotopic (exact) mass is 375 g/mol. The molecule has 0 N–H and O–H groups in total. The Morgan fingerprint density at radius 1 is 1.04 bits per heavy atom. The maximum Gasteiger partial charge on any atom is 0.416 e. The topological polar surface area (TPSA) is 12.5 Å². The summed E-state index contributed by atoms with van der Waals surface area (Å²) in [5.41, 5.74) is 3.22. The maximum atomic E-state index is 12.8. The number of rotatable bonds is 5. The lowest BCUT2D eigenvalue weighted by molar-refractivity contribution is -0.137. The molecular weight excluding hydrogens is 351 g/mol. The molecule has 1 heterocycles. The Hall–Kier alpha value is -2.27. The van der Waals surface area contributed by atoms with E-state index in [-0.39, 0.29) is 0 Å². The van der Waals surface area contributed by atoms with E-state index in [0.717, 1.165) is 67.0 Å². The molecule has 2 aromatic rings. The van der Waals surface area contributed by atoms with Gasteiger partial charge in [-0.15, -0.1) is 0 Å². The van der Waals surface area contributed by atoms with Crippen molar-refractivity contribution in [3.8, 4) is 16.9 Å². The molecule has 0 saturated carbocycles. The molecule has 5 heteroatoms. The van der Waals surface area contributed by atoms with Crippen LogP contribution < -0.4 is 4.74 Å². The van der Waals surface area contributed by atoms with Crippen molar-refractivity contribution >= 4 is 5.57 Å². The van der Waals surface area contributed by atoms with E-state index in [1.807, 2.05) is 18.2 Å². The lowest BCUT2D eigenvalue weighted by Crippen LogP contribution is -2.30. The Bertz CT molecular complexity index is 809. The summed E-state index contributed by atoms with van der Waals surface area (Å²) in [6, 6.07) is 11.1. The van der Waals surface area contributed by atoms with E-state index >= 15 is 0 Å². The fourth-order valence-corrected chi connectivity index (χ4v) is 3.50. The zero-order valence-electron chi connectivity index (χ0n) is 15.6. The van der Waals surface area contributed by atoms with Crippen LogP contribution in [0.2, 0.25) is 0 Å². The highest BCUT2D eigenvalue weighted by atomic mass is 19.4. The number of ether oxygens (including phenoxy) is 1. The minimum Gasteiger partial charge on any atom is -0.496 e. The molecule has 2 nitrogen and oxygen atoms in total. The van der Waals surface area contributed by atoms with Crippen LogP contribution in [-0.2, 0) is 6.18 Å². The van der Waals surface area contributed by atoms with Gasteiger partial charge in [-0.25, -0.2) is 0 Å². The number of hydrogen-bond donors (Lipinski definition) is 0. The summed E-state index contributed by atoms with van der Waals surface area (Å²) in [5.74, 6) is 0.787. The van der Waals surface area contributed by atoms with Crippen molar-refractivity contribution < 1.29 is 17.9 Å². The van der Waals surface area contributed by atoms with Crippen molar-refractivity contribution in [1.29, 1.82) is 0 Å². The van der Waals surface area contributed by atoms with Gasteiger partial charge in [-0.05, 0) is 60.4 Å². The molecule has 0 atom stereocenters. The highest BCUT2D eigenvalue weighted by Gasteiger charge is 2.30. The van der Waals surface area contributed by atoms with Gasteiger partial charge in [-0.3, -0.25) is 4.90 Å². The Balaban J connectivity index is 1.93. The first-order valence-electron chi connectivity index (χ1n) is 9.19. The van der Waals surface area contributed by atoms with Gasteiger partial charge in [0, 0.05) is 18.7 Å². The second-order valence-corrected chi connectivity index (χ2v) is 6.78. The molecular formula is C22H24F3NO. The first-order chi connectivity index (χ1) is 12.9. The van der Waals surface area contributed by atoms with E-state index < -0.39 is 11.7 Å². The first kappa shape index (κ1) is 19.5. The molecule has 144 valence electrons. The van der Waals surface area contributed by atoms with Crippen LogP contribution in [-0.4, -0.2) is 31.6 Å². The lowest BCUT2D eigenvalue weighted by atomic mass is 9.95. The summed E-state index contributed by atoms with van der Waals surface area (Å²) >= 11 is 0. The molecule has 0 amide bonds. The van der Waals surface area contributed by atoms with Crippen molar-refractivity contribution in [1.82, 2.24) is 4.90 Å². The Kier molecular flexibility index (Phi) is 5.90. The first-order valence-corrected chi connectivity index (χ1v) is 9.19. The van der Waals surface area contributed by atoms with Gasteiger partial charge < -0.3 is 4.74 Å². The summed E-state index contributed by atoms with van der Waals surface area (Å²) in [5, 5.41) is 0. The van der Waals surface area contributed by atoms with Crippen molar-refractivity contribution in [2.24, 2.45) is 0 Å². The van der Waals surface area contributed by atoms with Gasteiger partial charge in [0.15, 0.2) is 0 Å². The van der Waals surface area contributed by atoms with Crippen molar-refractivity contribution in [3.05, 3.63) is 59.7 Å². The number of hydrogen-bond acceptors (Lipinski definition) is 2. The summed E-state index contributed by atoms with van der Waals surface area (Å²) in [4.78, 5) is 2.42. The third-order valence-corrected chi connectivity index (χ3v) is 4.86. The highest BCUT2D eigenvalue weighted by molar-refractivity contribution is 5.77. The number of nitrogens with zero attached hydrogens (tertiary/aromatic N) is 1. The van der Waals surface area contributed by atoms with Gasteiger partial charge in [0.1, 0.15) is 5.75 Å². The smallest absolute Gasteiger partial charge is 0.416 e. The van der Waals surface area contributed by atoms with Crippen LogP contribution in [0.4, 0.5) is 13.2 Å². The van der Waals surface area contributed by atoms with Crippen LogP contribution in [0.5, 0.6) is 5.75 Å². The third kappa shape index (κ3) is 4.53. The summed E-state index contributed by atoms with van der Waals surface area (Å²) < 4.78 is 43.9.